The lowest BCUT2D eigenvalue weighted by Crippen LogP contribution is -2.45. The number of anilines is 2. The van der Waals surface area contributed by atoms with E-state index in [1.807, 2.05) is 17.8 Å². The second-order valence-corrected chi connectivity index (χ2v) is 7.12. The van der Waals surface area contributed by atoms with Gasteiger partial charge in [-0.25, -0.2) is 9.97 Å². The minimum atomic E-state index is 0.999. The average Bonchev–Trinajstić information content (AvgIpc) is 3.17. The van der Waals surface area contributed by atoms with Crippen molar-refractivity contribution in [3.05, 3.63) is 22.7 Å². The SMILES string of the molecule is CCCNc1ncc(CN2CCN(c3nccs3)CC2)s1. The van der Waals surface area contributed by atoms with Crippen LogP contribution in [0, 0.1) is 0 Å². The predicted molar refractivity (Wildman–Crippen MR) is 90.5 cm³/mol. The molecule has 3 rings (SSSR count). The Balaban J connectivity index is 1.47. The maximum atomic E-state index is 4.44. The molecule has 0 amide bonds. The molecule has 1 fully saturated rings. The van der Waals surface area contributed by atoms with E-state index in [0.717, 1.165) is 56.0 Å². The van der Waals surface area contributed by atoms with Crippen LogP contribution >= 0.6 is 22.7 Å². The minimum absolute atomic E-state index is 0.999. The molecule has 1 aliphatic rings. The van der Waals surface area contributed by atoms with Crippen molar-refractivity contribution in [1.29, 1.82) is 0 Å². The second kappa shape index (κ2) is 7.20. The zero-order valence-electron chi connectivity index (χ0n) is 12.3. The van der Waals surface area contributed by atoms with Crippen LogP contribution in [0.5, 0.6) is 0 Å². The van der Waals surface area contributed by atoms with Gasteiger partial charge in [0.05, 0.1) is 0 Å². The molecule has 0 aliphatic carbocycles. The summed E-state index contributed by atoms with van der Waals surface area (Å²) in [5, 5.41) is 7.60. The van der Waals surface area contributed by atoms with Gasteiger partial charge >= 0.3 is 0 Å². The Labute approximate surface area is 133 Å². The summed E-state index contributed by atoms with van der Waals surface area (Å²) in [6, 6.07) is 0. The molecule has 1 N–H and O–H groups in total. The third-order valence-electron chi connectivity index (χ3n) is 3.52. The fourth-order valence-electron chi connectivity index (χ4n) is 2.38. The highest BCUT2D eigenvalue weighted by Gasteiger charge is 2.19. The lowest BCUT2D eigenvalue weighted by Gasteiger charge is -2.34. The molecule has 0 bridgehead atoms. The summed E-state index contributed by atoms with van der Waals surface area (Å²) in [4.78, 5) is 15.0. The molecule has 0 aromatic carbocycles. The number of nitrogens with one attached hydrogen (secondary N) is 1. The summed E-state index contributed by atoms with van der Waals surface area (Å²) in [6.45, 7) is 8.49. The molecule has 5 nitrogen and oxygen atoms in total. The second-order valence-electron chi connectivity index (χ2n) is 5.14. The lowest BCUT2D eigenvalue weighted by atomic mass is 10.3. The van der Waals surface area contributed by atoms with Crippen LogP contribution in [0.15, 0.2) is 17.8 Å². The van der Waals surface area contributed by atoms with Crippen LogP contribution in [0.1, 0.15) is 18.2 Å². The van der Waals surface area contributed by atoms with E-state index < -0.39 is 0 Å². The minimum Gasteiger partial charge on any atom is -0.362 e. The zero-order valence-corrected chi connectivity index (χ0v) is 13.9. The van der Waals surface area contributed by atoms with Crippen LogP contribution in [-0.4, -0.2) is 47.6 Å². The van der Waals surface area contributed by atoms with Gasteiger partial charge in [0.1, 0.15) is 0 Å². The van der Waals surface area contributed by atoms with Gasteiger partial charge in [-0.1, -0.05) is 6.92 Å². The van der Waals surface area contributed by atoms with E-state index in [1.165, 1.54) is 4.88 Å². The van der Waals surface area contributed by atoms with E-state index in [9.17, 15) is 0 Å². The Morgan fingerprint density at radius 2 is 2.10 bits per heavy atom. The van der Waals surface area contributed by atoms with Gasteiger partial charge in [0.2, 0.25) is 0 Å². The van der Waals surface area contributed by atoms with Gasteiger partial charge in [-0.05, 0) is 6.42 Å². The molecule has 114 valence electrons. The van der Waals surface area contributed by atoms with Crippen LogP contribution in [0.4, 0.5) is 10.3 Å². The molecule has 21 heavy (non-hydrogen) atoms. The van der Waals surface area contributed by atoms with Crippen LogP contribution in [-0.2, 0) is 6.54 Å². The van der Waals surface area contributed by atoms with E-state index in [-0.39, 0.29) is 0 Å². The molecule has 0 radical (unpaired) electrons. The Bertz CT molecular complexity index is 531. The van der Waals surface area contributed by atoms with E-state index in [1.54, 1.807) is 22.7 Å². The molecule has 0 saturated carbocycles. The van der Waals surface area contributed by atoms with E-state index in [2.05, 4.69) is 32.0 Å². The summed E-state index contributed by atoms with van der Waals surface area (Å²) in [5.41, 5.74) is 0. The zero-order chi connectivity index (χ0) is 14.5. The molecule has 1 saturated heterocycles. The molecule has 2 aromatic rings. The van der Waals surface area contributed by atoms with Gasteiger partial charge in [-0.3, -0.25) is 4.90 Å². The van der Waals surface area contributed by atoms with E-state index in [4.69, 9.17) is 0 Å². The topological polar surface area (TPSA) is 44.3 Å². The third-order valence-corrected chi connectivity index (χ3v) is 5.29. The summed E-state index contributed by atoms with van der Waals surface area (Å²) in [6.07, 6.45) is 5.03. The number of thiazole rings is 2. The van der Waals surface area contributed by atoms with Gasteiger partial charge in [-0.15, -0.1) is 22.7 Å². The number of hydrogen-bond donors (Lipinski definition) is 1. The number of hydrogen-bond acceptors (Lipinski definition) is 7. The van der Waals surface area contributed by atoms with Crippen molar-refractivity contribution in [3.8, 4) is 0 Å². The predicted octanol–water partition coefficient (Wildman–Crippen LogP) is 2.74. The number of nitrogens with zero attached hydrogens (tertiary/aromatic N) is 4. The molecule has 2 aromatic heterocycles. The normalized spacial score (nSPS) is 16.3. The maximum absolute atomic E-state index is 4.44. The van der Waals surface area contributed by atoms with Gasteiger partial charge in [-0.2, -0.15) is 0 Å². The standard InChI is InChI=1S/C14H21N5S2/c1-2-3-15-13-17-10-12(21-13)11-18-5-7-19(8-6-18)14-16-4-9-20-14/h4,9-10H,2-3,5-8,11H2,1H3,(H,15,17). The number of aromatic nitrogens is 2. The lowest BCUT2D eigenvalue weighted by molar-refractivity contribution is 0.252. The van der Waals surface area contributed by atoms with Crippen molar-refractivity contribution in [2.75, 3.05) is 42.9 Å². The van der Waals surface area contributed by atoms with Crippen molar-refractivity contribution in [1.82, 2.24) is 14.9 Å². The molecular weight excluding hydrogens is 302 g/mol. The highest BCUT2D eigenvalue weighted by Crippen LogP contribution is 2.22. The quantitative estimate of drug-likeness (QED) is 0.885. The van der Waals surface area contributed by atoms with Crippen LogP contribution in [0.3, 0.4) is 0 Å². The van der Waals surface area contributed by atoms with Crippen LogP contribution in [0.2, 0.25) is 0 Å². The number of piperazine rings is 1. The van der Waals surface area contributed by atoms with Crippen molar-refractivity contribution in [2.24, 2.45) is 0 Å². The summed E-state index contributed by atoms with van der Waals surface area (Å²) >= 11 is 3.50. The first-order valence-electron chi connectivity index (χ1n) is 7.40. The summed E-state index contributed by atoms with van der Waals surface area (Å²) in [7, 11) is 0. The van der Waals surface area contributed by atoms with Gasteiger partial charge < -0.3 is 10.2 Å². The molecule has 0 atom stereocenters. The smallest absolute Gasteiger partial charge is 0.185 e. The number of rotatable bonds is 6. The highest BCUT2D eigenvalue weighted by molar-refractivity contribution is 7.15. The molecule has 0 unspecified atom stereocenters. The van der Waals surface area contributed by atoms with Crippen LogP contribution < -0.4 is 10.2 Å². The Morgan fingerprint density at radius 1 is 1.24 bits per heavy atom. The summed E-state index contributed by atoms with van der Waals surface area (Å²) in [5.74, 6) is 0. The molecule has 0 spiro atoms. The average molecular weight is 323 g/mol. The third kappa shape index (κ3) is 3.93. The monoisotopic (exact) mass is 323 g/mol. The molecule has 3 heterocycles. The largest absolute Gasteiger partial charge is 0.362 e. The first kappa shape index (κ1) is 14.7. The Morgan fingerprint density at radius 3 is 2.81 bits per heavy atom. The molecule has 1 aliphatic heterocycles. The van der Waals surface area contributed by atoms with Crippen LogP contribution in [0.25, 0.3) is 0 Å². The Kier molecular flexibility index (Phi) is 5.05. The maximum Gasteiger partial charge on any atom is 0.185 e. The van der Waals surface area contributed by atoms with E-state index in [0.29, 0.717) is 0 Å². The first-order valence-corrected chi connectivity index (χ1v) is 9.10. The highest BCUT2D eigenvalue weighted by atomic mass is 32.1. The van der Waals surface area contributed by atoms with Crippen molar-refractivity contribution < 1.29 is 0 Å². The van der Waals surface area contributed by atoms with Crippen molar-refractivity contribution in [3.63, 3.8) is 0 Å². The summed E-state index contributed by atoms with van der Waals surface area (Å²) < 4.78 is 0. The Hall–Kier alpha value is -1.18. The molecular formula is C14H21N5S2. The fourth-order valence-corrected chi connectivity index (χ4v) is 3.96. The van der Waals surface area contributed by atoms with E-state index >= 15 is 0 Å². The van der Waals surface area contributed by atoms with Gasteiger partial charge in [0.15, 0.2) is 10.3 Å². The van der Waals surface area contributed by atoms with Crippen molar-refractivity contribution >= 4 is 32.9 Å². The molecule has 7 heteroatoms. The fraction of sp³-hybridized carbons (Fsp3) is 0.571. The van der Waals surface area contributed by atoms with Crippen molar-refractivity contribution in [2.45, 2.75) is 19.9 Å². The first-order chi connectivity index (χ1) is 10.3. The van der Waals surface area contributed by atoms with Gasteiger partial charge in [0, 0.05) is 61.9 Å². The van der Waals surface area contributed by atoms with Gasteiger partial charge in [0.25, 0.3) is 0 Å².